The molecule has 2 saturated heterocycles. The molecule has 0 spiro atoms. The SMILES string of the molecule is CS(=O)(=O)N1CCCC1C(=O)N1CCC(CCC(=O)O)C1. The molecule has 1 amide bonds. The largest absolute Gasteiger partial charge is 0.481 e. The second-order valence-electron chi connectivity index (χ2n) is 5.90. The lowest BCUT2D eigenvalue weighted by Gasteiger charge is -2.26. The van der Waals surface area contributed by atoms with Crippen molar-refractivity contribution >= 4 is 21.9 Å². The Balaban J connectivity index is 1.94. The van der Waals surface area contributed by atoms with Crippen LogP contribution in [0.15, 0.2) is 0 Å². The average molecular weight is 318 g/mol. The number of amides is 1. The van der Waals surface area contributed by atoms with Crippen LogP contribution in [0.3, 0.4) is 0 Å². The zero-order valence-corrected chi connectivity index (χ0v) is 13.0. The van der Waals surface area contributed by atoms with Gasteiger partial charge in [-0.05, 0) is 31.6 Å². The molecule has 0 radical (unpaired) electrons. The number of rotatable bonds is 5. The Morgan fingerprint density at radius 3 is 2.57 bits per heavy atom. The molecule has 0 saturated carbocycles. The molecule has 120 valence electrons. The van der Waals surface area contributed by atoms with E-state index in [2.05, 4.69) is 0 Å². The van der Waals surface area contributed by atoms with Gasteiger partial charge in [-0.25, -0.2) is 8.42 Å². The summed E-state index contributed by atoms with van der Waals surface area (Å²) in [4.78, 5) is 24.8. The number of carbonyl (C=O) groups is 2. The van der Waals surface area contributed by atoms with Crippen LogP contribution in [0, 0.1) is 5.92 Å². The number of carboxylic acids is 1. The van der Waals surface area contributed by atoms with Gasteiger partial charge in [0.25, 0.3) is 0 Å². The molecule has 1 N–H and O–H groups in total. The fourth-order valence-corrected chi connectivity index (χ4v) is 4.31. The fourth-order valence-electron chi connectivity index (χ4n) is 3.19. The van der Waals surface area contributed by atoms with E-state index in [9.17, 15) is 18.0 Å². The molecule has 2 aliphatic heterocycles. The Morgan fingerprint density at radius 1 is 1.24 bits per heavy atom. The Hall–Kier alpha value is -1.15. The molecule has 2 aliphatic rings. The summed E-state index contributed by atoms with van der Waals surface area (Å²) in [6, 6.07) is -0.571. The van der Waals surface area contributed by atoms with Gasteiger partial charge in [0.05, 0.1) is 6.26 Å². The normalized spacial score (nSPS) is 27.2. The van der Waals surface area contributed by atoms with E-state index in [1.165, 1.54) is 4.31 Å². The standard InChI is InChI=1S/C13H22N2O5S/c1-21(19,20)15-7-2-3-11(15)13(18)14-8-6-10(9-14)4-5-12(16)17/h10-11H,2-9H2,1H3,(H,16,17). The third-order valence-electron chi connectivity index (χ3n) is 4.28. The second kappa shape index (κ2) is 6.31. The minimum absolute atomic E-state index is 0.117. The molecule has 0 aliphatic carbocycles. The highest BCUT2D eigenvalue weighted by Gasteiger charge is 2.40. The molecule has 0 bridgehead atoms. The second-order valence-corrected chi connectivity index (χ2v) is 7.84. The molecule has 0 aromatic carbocycles. The fraction of sp³-hybridized carbons (Fsp3) is 0.846. The molecule has 2 heterocycles. The monoisotopic (exact) mass is 318 g/mol. The lowest BCUT2D eigenvalue weighted by Crippen LogP contribution is -2.46. The molecular weight excluding hydrogens is 296 g/mol. The number of carboxylic acid groups (broad SMARTS) is 1. The molecule has 7 nitrogen and oxygen atoms in total. The molecule has 2 fully saturated rings. The van der Waals surface area contributed by atoms with Crippen LogP contribution in [0.25, 0.3) is 0 Å². The maximum Gasteiger partial charge on any atom is 0.303 e. The summed E-state index contributed by atoms with van der Waals surface area (Å²) in [6.07, 6.45) is 3.90. The van der Waals surface area contributed by atoms with Crippen LogP contribution in [0.1, 0.15) is 32.1 Å². The van der Waals surface area contributed by atoms with E-state index in [1.807, 2.05) is 0 Å². The molecule has 0 aromatic rings. The lowest BCUT2D eigenvalue weighted by molar-refractivity contribution is -0.137. The lowest BCUT2D eigenvalue weighted by atomic mass is 10.0. The van der Waals surface area contributed by atoms with E-state index in [-0.39, 0.29) is 18.2 Å². The summed E-state index contributed by atoms with van der Waals surface area (Å²) in [5.41, 5.74) is 0. The summed E-state index contributed by atoms with van der Waals surface area (Å²) in [7, 11) is -3.35. The quantitative estimate of drug-likeness (QED) is 0.777. The van der Waals surface area contributed by atoms with Crippen LogP contribution in [0.4, 0.5) is 0 Å². The van der Waals surface area contributed by atoms with Crippen molar-refractivity contribution in [1.29, 1.82) is 0 Å². The Kier molecular flexibility index (Phi) is 4.88. The first-order valence-corrected chi connectivity index (χ1v) is 9.11. The van der Waals surface area contributed by atoms with Gasteiger partial charge in [-0.15, -0.1) is 0 Å². The predicted octanol–water partition coefficient (Wildman–Crippen LogP) is 0.124. The van der Waals surface area contributed by atoms with E-state index in [0.717, 1.165) is 12.7 Å². The van der Waals surface area contributed by atoms with Crippen LogP contribution in [-0.2, 0) is 19.6 Å². The molecular formula is C13H22N2O5S. The number of hydrogen-bond donors (Lipinski definition) is 1. The van der Waals surface area contributed by atoms with Gasteiger partial charge in [0.2, 0.25) is 15.9 Å². The van der Waals surface area contributed by atoms with Crippen molar-refractivity contribution in [3.05, 3.63) is 0 Å². The summed E-state index contributed by atoms with van der Waals surface area (Å²) in [5.74, 6) is -0.743. The Labute approximate surface area is 125 Å². The maximum absolute atomic E-state index is 12.5. The van der Waals surface area contributed by atoms with Gasteiger partial charge in [-0.3, -0.25) is 9.59 Å². The van der Waals surface area contributed by atoms with Crippen LogP contribution in [0.5, 0.6) is 0 Å². The van der Waals surface area contributed by atoms with Crippen molar-refractivity contribution < 1.29 is 23.1 Å². The number of hydrogen-bond acceptors (Lipinski definition) is 4. The molecule has 0 aromatic heterocycles. The molecule has 2 atom stereocenters. The van der Waals surface area contributed by atoms with Gasteiger partial charge >= 0.3 is 5.97 Å². The minimum atomic E-state index is -3.35. The van der Waals surface area contributed by atoms with E-state index in [4.69, 9.17) is 5.11 Å². The summed E-state index contributed by atoms with van der Waals surface area (Å²) < 4.78 is 24.7. The van der Waals surface area contributed by atoms with Crippen LogP contribution in [-0.4, -0.2) is 66.5 Å². The van der Waals surface area contributed by atoms with Crippen LogP contribution >= 0.6 is 0 Å². The smallest absolute Gasteiger partial charge is 0.303 e. The van der Waals surface area contributed by atoms with Crippen molar-refractivity contribution in [2.75, 3.05) is 25.9 Å². The highest BCUT2D eigenvalue weighted by molar-refractivity contribution is 7.88. The van der Waals surface area contributed by atoms with E-state index < -0.39 is 22.0 Å². The maximum atomic E-state index is 12.5. The topological polar surface area (TPSA) is 95.0 Å². The first kappa shape index (κ1) is 16.2. The van der Waals surface area contributed by atoms with Gasteiger partial charge in [0.15, 0.2) is 0 Å². The van der Waals surface area contributed by atoms with Crippen molar-refractivity contribution in [2.24, 2.45) is 5.92 Å². The zero-order valence-electron chi connectivity index (χ0n) is 12.2. The highest BCUT2D eigenvalue weighted by atomic mass is 32.2. The number of nitrogens with zero attached hydrogens (tertiary/aromatic N) is 2. The van der Waals surface area contributed by atoms with Crippen molar-refractivity contribution in [3.8, 4) is 0 Å². The summed E-state index contributed by atoms with van der Waals surface area (Å²) >= 11 is 0. The molecule has 2 unspecified atom stereocenters. The molecule has 21 heavy (non-hydrogen) atoms. The minimum Gasteiger partial charge on any atom is -0.481 e. The van der Waals surface area contributed by atoms with Gasteiger partial charge in [0.1, 0.15) is 6.04 Å². The first-order valence-electron chi connectivity index (χ1n) is 7.26. The number of sulfonamides is 1. The third-order valence-corrected chi connectivity index (χ3v) is 5.57. The molecule has 2 rings (SSSR count). The van der Waals surface area contributed by atoms with E-state index in [0.29, 0.717) is 38.9 Å². The Bertz CT molecular complexity index is 519. The van der Waals surface area contributed by atoms with Crippen LogP contribution < -0.4 is 0 Å². The third kappa shape index (κ3) is 3.94. The van der Waals surface area contributed by atoms with E-state index >= 15 is 0 Å². The van der Waals surface area contributed by atoms with Gasteiger partial charge in [-0.1, -0.05) is 0 Å². The highest BCUT2D eigenvalue weighted by Crippen LogP contribution is 2.26. The van der Waals surface area contributed by atoms with Gasteiger partial charge < -0.3 is 10.0 Å². The molecule has 8 heteroatoms. The Morgan fingerprint density at radius 2 is 1.95 bits per heavy atom. The summed E-state index contributed by atoms with van der Waals surface area (Å²) in [5, 5.41) is 8.69. The van der Waals surface area contributed by atoms with Crippen molar-refractivity contribution in [2.45, 2.75) is 38.1 Å². The van der Waals surface area contributed by atoms with Crippen LogP contribution in [0.2, 0.25) is 0 Å². The van der Waals surface area contributed by atoms with Gasteiger partial charge in [0, 0.05) is 26.1 Å². The summed E-state index contributed by atoms with van der Waals surface area (Å²) in [6.45, 7) is 1.54. The number of carbonyl (C=O) groups excluding carboxylic acids is 1. The number of likely N-dealkylation sites (tertiary alicyclic amines) is 1. The number of aliphatic carboxylic acids is 1. The van der Waals surface area contributed by atoms with Gasteiger partial charge in [-0.2, -0.15) is 4.31 Å². The first-order chi connectivity index (χ1) is 9.79. The van der Waals surface area contributed by atoms with Crippen molar-refractivity contribution in [3.63, 3.8) is 0 Å². The van der Waals surface area contributed by atoms with Crippen molar-refractivity contribution in [1.82, 2.24) is 9.21 Å². The predicted molar refractivity (Wildman–Crippen MR) is 76.1 cm³/mol. The van der Waals surface area contributed by atoms with E-state index in [1.54, 1.807) is 4.90 Å². The average Bonchev–Trinajstić information content (AvgIpc) is 3.04. The zero-order chi connectivity index (χ0) is 15.6.